The fraction of sp³-hybridized carbons (Fsp3) is 0. The van der Waals surface area contributed by atoms with Crippen LogP contribution >= 0.6 is 50.7 Å². The molecule has 3 N–H and O–H groups in total. The van der Waals surface area contributed by atoms with Gasteiger partial charge in [-0.05, 0) is 46.3 Å². The van der Waals surface area contributed by atoms with E-state index in [9.17, 15) is 4.79 Å². The zero-order chi connectivity index (χ0) is 14.9. The van der Waals surface area contributed by atoms with Gasteiger partial charge in [-0.1, -0.05) is 34.8 Å². The first kappa shape index (κ1) is 15.4. The molecule has 0 atom stereocenters. The van der Waals surface area contributed by atoms with E-state index in [1.54, 1.807) is 24.3 Å². The van der Waals surface area contributed by atoms with Gasteiger partial charge in [0.1, 0.15) is 0 Å². The molecule has 0 aliphatic heterocycles. The number of carbonyl (C=O) groups is 1. The molecule has 0 radical (unpaired) electrons. The summed E-state index contributed by atoms with van der Waals surface area (Å²) in [6.07, 6.45) is 0. The standard InChI is InChI=1S/C13H8BrCl3N2O/c14-7-2-4-10(12(17)11(7)16)19-13(20)6-1-3-9(18)8(15)5-6/h1-5H,18H2,(H,19,20). The second-order valence-electron chi connectivity index (χ2n) is 3.91. The lowest BCUT2D eigenvalue weighted by atomic mass is 10.2. The number of nitrogen functional groups attached to an aromatic ring is 1. The first-order valence-corrected chi connectivity index (χ1v) is 7.32. The van der Waals surface area contributed by atoms with Gasteiger partial charge in [-0.25, -0.2) is 0 Å². The third kappa shape index (κ3) is 3.20. The number of anilines is 2. The smallest absolute Gasteiger partial charge is 0.255 e. The lowest BCUT2D eigenvalue weighted by Gasteiger charge is -2.10. The summed E-state index contributed by atoms with van der Waals surface area (Å²) in [4.78, 5) is 12.1. The Labute approximate surface area is 139 Å². The highest BCUT2D eigenvalue weighted by molar-refractivity contribution is 9.10. The van der Waals surface area contributed by atoms with Crippen LogP contribution < -0.4 is 11.1 Å². The molecule has 0 aliphatic rings. The third-order valence-electron chi connectivity index (χ3n) is 2.55. The van der Waals surface area contributed by atoms with E-state index in [0.717, 1.165) is 0 Å². The lowest BCUT2D eigenvalue weighted by molar-refractivity contribution is 0.102. The van der Waals surface area contributed by atoms with Crippen LogP contribution in [0, 0.1) is 0 Å². The molecule has 104 valence electrons. The van der Waals surface area contributed by atoms with E-state index in [1.165, 1.54) is 6.07 Å². The molecule has 2 aromatic rings. The Balaban J connectivity index is 2.28. The Morgan fingerprint density at radius 1 is 1.10 bits per heavy atom. The molecule has 0 unspecified atom stereocenters. The SMILES string of the molecule is Nc1ccc(C(=O)Nc2ccc(Br)c(Cl)c2Cl)cc1Cl. The van der Waals surface area contributed by atoms with Crippen molar-refractivity contribution in [2.75, 3.05) is 11.1 Å². The number of nitrogens with two attached hydrogens (primary N) is 1. The van der Waals surface area contributed by atoms with Crippen molar-refractivity contribution in [2.24, 2.45) is 0 Å². The Hall–Kier alpha value is -0.940. The second-order valence-corrected chi connectivity index (χ2v) is 5.93. The number of carbonyl (C=O) groups excluding carboxylic acids is 1. The van der Waals surface area contributed by atoms with Crippen LogP contribution in [-0.4, -0.2) is 5.91 Å². The molecule has 0 aromatic heterocycles. The van der Waals surface area contributed by atoms with Crippen molar-refractivity contribution >= 4 is 68.0 Å². The van der Waals surface area contributed by atoms with Gasteiger partial charge in [0.15, 0.2) is 0 Å². The van der Waals surface area contributed by atoms with Gasteiger partial charge in [0.05, 0.1) is 26.4 Å². The maximum absolute atomic E-state index is 12.1. The van der Waals surface area contributed by atoms with Gasteiger partial charge in [-0.3, -0.25) is 4.79 Å². The van der Waals surface area contributed by atoms with Gasteiger partial charge in [0.2, 0.25) is 0 Å². The van der Waals surface area contributed by atoms with Crippen LogP contribution in [0.1, 0.15) is 10.4 Å². The molecular formula is C13H8BrCl3N2O. The lowest BCUT2D eigenvalue weighted by Crippen LogP contribution is -2.12. The Morgan fingerprint density at radius 2 is 1.80 bits per heavy atom. The number of hydrogen-bond donors (Lipinski definition) is 2. The molecule has 0 aliphatic carbocycles. The highest BCUT2D eigenvalue weighted by atomic mass is 79.9. The predicted molar refractivity (Wildman–Crippen MR) is 88.0 cm³/mol. The van der Waals surface area contributed by atoms with Crippen molar-refractivity contribution in [3.8, 4) is 0 Å². The largest absolute Gasteiger partial charge is 0.398 e. The van der Waals surface area contributed by atoms with Crippen molar-refractivity contribution in [3.63, 3.8) is 0 Å². The first-order chi connectivity index (χ1) is 9.40. The third-order valence-corrected chi connectivity index (χ3v) is 4.64. The highest BCUT2D eigenvalue weighted by Crippen LogP contribution is 2.36. The topological polar surface area (TPSA) is 55.1 Å². The summed E-state index contributed by atoms with van der Waals surface area (Å²) in [5, 5.41) is 3.58. The summed E-state index contributed by atoms with van der Waals surface area (Å²) in [7, 11) is 0. The van der Waals surface area contributed by atoms with E-state index in [0.29, 0.717) is 31.5 Å². The minimum absolute atomic E-state index is 0.260. The van der Waals surface area contributed by atoms with E-state index in [4.69, 9.17) is 40.5 Å². The average molecular weight is 394 g/mol. The molecular weight excluding hydrogens is 386 g/mol. The normalized spacial score (nSPS) is 10.4. The minimum Gasteiger partial charge on any atom is -0.398 e. The van der Waals surface area contributed by atoms with E-state index in [-0.39, 0.29) is 10.9 Å². The van der Waals surface area contributed by atoms with Gasteiger partial charge in [-0.2, -0.15) is 0 Å². The van der Waals surface area contributed by atoms with Crippen LogP contribution in [-0.2, 0) is 0 Å². The van der Waals surface area contributed by atoms with Crippen molar-refractivity contribution in [1.29, 1.82) is 0 Å². The van der Waals surface area contributed by atoms with E-state index < -0.39 is 0 Å². The predicted octanol–water partition coefficient (Wildman–Crippen LogP) is 5.24. The summed E-state index contributed by atoms with van der Waals surface area (Å²) in [5.41, 5.74) is 6.79. The Kier molecular flexibility index (Phi) is 4.81. The van der Waals surface area contributed by atoms with Crippen LogP contribution in [0.5, 0.6) is 0 Å². The van der Waals surface area contributed by atoms with Crippen LogP contribution in [0.15, 0.2) is 34.8 Å². The number of hydrogen-bond acceptors (Lipinski definition) is 2. The molecule has 0 fully saturated rings. The van der Waals surface area contributed by atoms with Gasteiger partial charge >= 0.3 is 0 Å². The maximum atomic E-state index is 12.1. The summed E-state index contributed by atoms with van der Waals surface area (Å²) < 4.78 is 0.651. The summed E-state index contributed by atoms with van der Waals surface area (Å²) >= 11 is 21.2. The summed E-state index contributed by atoms with van der Waals surface area (Å²) in [6, 6.07) is 7.97. The zero-order valence-corrected chi connectivity index (χ0v) is 13.7. The molecule has 2 rings (SSSR count). The van der Waals surface area contributed by atoms with Crippen LogP contribution in [0.25, 0.3) is 0 Å². The highest BCUT2D eigenvalue weighted by Gasteiger charge is 2.13. The van der Waals surface area contributed by atoms with E-state index in [1.807, 2.05) is 0 Å². The van der Waals surface area contributed by atoms with E-state index in [2.05, 4.69) is 21.2 Å². The number of halogens is 4. The molecule has 0 bridgehead atoms. The minimum atomic E-state index is -0.354. The summed E-state index contributed by atoms with van der Waals surface area (Å²) in [6.45, 7) is 0. The quantitative estimate of drug-likeness (QED) is 0.540. The van der Waals surface area contributed by atoms with Crippen molar-refractivity contribution < 1.29 is 4.79 Å². The van der Waals surface area contributed by atoms with Gasteiger partial charge in [-0.15, -0.1) is 0 Å². The molecule has 0 saturated heterocycles. The zero-order valence-electron chi connectivity index (χ0n) is 9.88. The number of nitrogens with one attached hydrogen (secondary N) is 1. The molecule has 2 aromatic carbocycles. The number of rotatable bonds is 2. The molecule has 3 nitrogen and oxygen atoms in total. The molecule has 1 amide bonds. The van der Waals surface area contributed by atoms with Crippen molar-refractivity contribution in [1.82, 2.24) is 0 Å². The maximum Gasteiger partial charge on any atom is 0.255 e. The Morgan fingerprint density at radius 3 is 2.45 bits per heavy atom. The van der Waals surface area contributed by atoms with Crippen LogP contribution in [0.2, 0.25) is 15.1 Å². The van der Waals surface area contributed by atoms with Gasteiger partial charge in [0, 0.05) is 10.0 Å². The fourth-order valence-corrected chi connectivity index (χ4v) is 2.49. The van der Waals surface area contributed by atoms with Crippen molar-refractivity contribution in [2.45, 2.75) is 0 Å². The first-order valence-electron chi connectivity index (χ1n) is 5.40. The second kappa shape index (κ2) is 6.22. The average Bonchev–Trinajstić information content (AvgIpc) is 2.42. The number of benzene rings is 2. The van der Waals surface area contributed by atoms with Gasteiger partial charge < -0.3 is 11.1 Å². The molecule has 0 saturated carbocycles. The van der Waals surface area contributed by atoms with E-state index >= 15 is 0 Å². The van der Waals surface area contributed by atoms with Crippen molar-refractivity contribution in [3.05, 3.63) is 55.4 Å². The molecule has 0 heterocycles. The monoisotopic (exact) mass is 392 g/mol. The Bertz CT molecular complexity index is 692. The molecule has 0 spiro atoms. The molecule has 20 heavy (non-hydrogen) atoms. The summed E-state index contributed by atoms with van der Waals surface area (Å²) in [5.74, 6) is -0.354. The van der Waals surface area contributed by atoms with Crippen LogP contribution in [0.3, 0.4) is 0 Å². The fourth-order valence-electron chi connectivity index (χ4n) is 1.49. The van der Waals surface area contributed by atoms with Crippen LogP contribution in [0.4, 0.5) is 11.4 Å². The van der Waals surface area contributed by atoms with Gasteiger partial charge in [0.25, 0.3) is 5.91 Å². The molecule has 7 heteroatoms. The number of amides is 1.